The molecular weight excluding hydrogens is 332 g/mol. The van der Waals surface area contributed by atoms with Gasteiger partial charge in [0, 0.05) is 6.54 Å². The smallest absolute Gasteiger partial charge is 0.230 e. The molecule has 1 aromatic heterocycles. The predicted octanol–water partition coefficient (Wildman–Crippen LogP) is 3.77. The van der Waals surface area contributed by atoms with E-state index in [9.17, 15) is 4.79 Å². The van der Waals surface area contributed by atoms with E-state index in [0.29, 0.717) is 18.2 Å². The molecule has 0 fully saturated rings. The zero-order valence-electron chi connectivity index (χ0n) is 15.1. The lowest BCUT2D eigenvalue weighted by molar-refractivity contribution is -0.119. The van der Waals surface area contributed by atoms with Crippen molar-refractivity contribution in [2.45, 2.75) is 44.9 Å². The molecule has 2 rings (SSSR count). The van der Waals surface area contributed by atoms with Gasteiger partial charge in [0.2, 0.25) is 5.91 Å². The number of carbonyl (C=O) groups excluding carboxylic acids is 1. The normalized spacial score (nSPS) is 12.2. The molecule has 0 aliphatic carbocycles. The van der Waals surface area contributed by atoms with Crippen molar-refractivity contribution in [3.8, 4) is 0 Å². The summed E-state index contributed by atoms with van der Waals surface area (Å²) < 4.78 is 1.95. The Hall–Kier alpha value is -2.08. The molecule has 0 saturated carbocycles. The molecule has 0 aliphatic rings. The summed E-state index contributed by atoms with van der Waals surface area (Å²) >= 11 is 1.40. The van der Waals surface area contributed by atoms with Gasteiger partial charge in [-0.1, -0.05) is 62.0 Å². The number of nitrogens with one attached hydrogen (secondary N) is 1. The molecule has 1 amide bonds. The number of aromatic nitrogens is 3. The van der Waals surface area contributed by atoms with Crippen molar-refractivity contribution in [3.63, 3.8) is 0 Å². The summed E-state index contributed by atoms with van der Waals surface area (Å²) in [7, 11) is 0. The van der Waals surface area contributed by atoms with Crippen molar-refractivity contribution in [1.29, 1.82) is 0 Å². The van der Waals surface area contributed by atoms with Gasteiger partial charge in [-0.25, -0.2) is 0 Å². The molecule has 1 unspecified atom stereocenters. The van der Waals surface area contributed by atoms with Crippen LogP contribution in [0.5, 0.6) is 0 Å². The van der Waals surface area contributed by atoms with Crippen LogP contribution in [0.25, 0.3) is 0 Å². The summed E-state index contributed by atoms with van der Waals surface area (Å²) in [6.07, 6.45) is 2.71. The number of hydrogen-bond donors (Lipinski definition) is 1. The fraction of sp³-hybridized carbons (Fsp3) is 0.421. The number of rotatable bonds is 9. The van der Waals surface area contributed by atoms with Gasteiger partial charge >= 0.3 is 0 Å². The number of nitrogens with zero attached hydrogens (tertiary/aromatic N) is 3. The molecule has 134 valence electrons. The van der Waals surface area contributed by atoms with E-state index in [1.54, 1.807) is 6.08 Å². The van der Waals surface area contributed by atoms with Gasteiger partial charge in [0.1, 0.15) is 5.82 Å². The fourth-order valence-electron chi connectivity index (χ4n) is 2.61. The molecule has 0 spiro atoms. The Morgan fingerprint density at radius 3 is 2.68 bits per heavy atom. The number of hydrogen-bond acceptors (Lipinski definition) is 4. The lowest BCUT2D eigenvalue weighted by Crippen LogP contribution is -2.31. The third-order valence-corrected chi connectivity index (χ3v) is 4.76. The fourth-order valence-corrected chi connectivity index (χ4v) is 3.41. The zero-order chi connectivity index (χ0) is 18.2. The lowest BCUT2D eigenvalue weighted by Gasteiger charge is -2.21. The maximum absolute atomic E-state index is 12.4. The average Bonchev–Trinajstić information content (AvgIpc) is 2.93. The monoisotopic (exact) mass is 358 g/mol. The maximum atomic E-state index is 12.4. The third-order valence-electron chi connectivity index (χ3n) is 3.79. The van der Waals surface area contributed by atoms with E-state index in [4.69, 9.17) is 0 Å². The summed E-state index contributed by atoms with van der Waals surface area (Å²) in [6, 6.07) is 10.1. The van der Waals surface area contributed by atoms with Gasteiger partial charge in [-0.2, -0.15) is 0 Å². The van der Waals surface area contributed by atoms with E-state index in [0.717, 1.165) is 23.0 Å². The number of allylic oxidation sites excluding steroid dienone is 1. The van der Waals surface area contributed by atoms with Gasteiger partial charge in [-0.3, -0.25) is 4.79 Å². The minimum absolute atomic E-state index is 0.00492. The second-order valence-corrected chi connectivity index (χ2v) is 7.32. The molecule has 6 heteroatoms. The van der Waals surface area contributed by atoms with E-state index in [2.05, 4.69) is 48.1 Å². The van der Waals surface area contributed by atoms with Gasteiger partial charge in [0.25, 0.3) is 0 Å². The number of benzene rings is 1. The molecule has 0 aliphatic heterocycles. The first-order valence-electron chi connectivity index (χ1n) is 8.49. The van der Waals surface area contributed by atoms with Crippen LogP contribution in [-0.4, -0.2) is 26.4 Å². The molecule has 1 atom stereocenters. The Bertz CT molecular complexity index is 697. The molecule has 1 heterocycles. The van der Waals surface area contributed by atoms with E-state index in [-0.39, 0.29) is 11.9 Å². The van der Waals surface area contributed by atoms with E-state index in [1.807, 2.05) is 29.7 Å². The van der Waals surface area contributed by atoms with E-state index < -0.39 is 0 Å². The van der Waals surface area contributed by atoms with Crippen LogP contribution in [-0.2, 0) is 11.3 Å². The minimum atomic E-state index is 0.00492. The summed E-state index contributed by atoms with van der Waals surface area (Å²) in [6.45, 7) is 10.6. The third kappa shape index (κ3) is 5.74. The van der Waals surface area contributed by atoms with Gasteiger partial charge < -0.3 is 9.88 Å². The van der Waals surface area contributed by atoms with Crippen molar-refractivity contribution in [2.75, 3.05) is 5.75 Å². The van der Waals surface area contributed by atoms with Crippen LogP contribution in [0.1, 0.15) is 37.7 Å². The van der Waals surface area contributed by atoms with Crippen LogP contribution in [0.15, 0.2) is 48.1 Å². The van der Waals surface area contributed by atoms with Crippen molar-refractivity contribution in [1.82, 2.24) is 20.1 Å². The van der Waals surface area contributed by atoms with E-state index >= 15 is 0 Å². The van der Waals surface area contributed by atoms with Crippen molar-refractivity contribution in [3.05, 3.63) is 54.4 Å². The number of carbonyl (C=O) groups is 1. The van der Waals surface area contributed by atoms with Crippen LogP contribution in [0.4, 0.5) is 0 Å². The molecule has 0 saturated heterocycles. The van der Waals surface area contributed by atoms with Crippen LogP contribution in [0, 0.1) is 12.8 Å². The van der Waals surface area contributed by atoms with Crippen LogP contribution in [0.3, 0.4) is 0 Å². The van der Waals surface area contributed by atoms with Crippen molar-refractivity contribution < 1.29 is 4.79 Å². The van der Waals surface area contributed by atoms with Gasteiger partial charge in [-0.15, -0.1) is 16.8 Å². The average molecular weight is 359 g/mol. The van der Waals surface area contributed by atoms with Crippen molar-refractivity contribution in [2.24, 2.45) is 5.92 Å². The molecule has 5 nitrogen and oxygen atoms in total. The highest BCUT2D eigenvalue weighted by atomic mass is 32.2. The van der Waals surface area contributed by atoms with Crippen LogP contribution < -0.4 is 5.32 Å². The maximum Gasteiger partial charge on any atom is 0.230 e. The summed E-state index contributed by atoms with van der Waals surface area (Å²) in [5.41, 5.74) is 1.14. The quantitative estimate of drug-likeness (QED) is 0.547. The van der Waals surface area contributed by atoms with Crippen molar-refractivity contribution >= 4 is 17.7 Å². The highest BCUT2D eigenvalue weighted by Crippen LogP contribution is 2.22. The minimum Gasteiger partial charge on any atom is -0.349 e. The van der Waals surface area contributed by atoms with Crippen LogP contribution >= 0.6 is 11.8 Å². The number of thioether (sulfide) groups is 1. The van der Waals surface area contributed by atoms with Gasteiger partial charge in [0.05, 0.1) is 11.8 Å². The Balaban J connectivity index is 1.98. The summed E-state index contributed by atoms with van der Waals surface area (Å²) in [5, 5.41) is 12.1. The Labute approximate surface area is 153 Å². The highest BCUT2D eigenvalue weighted by molar-refractivity contribution is 7.99. The molecule has 2 aromatic rings. The van der Waals surface area contributed by atoms with E-state index in [1.165, 1.54) is 11.8 Å². The first kappa shape index (κ1) is 19.2. The molecule has 1 N–H and O–H groups in total. The molecule has 25 heavy (non-hydrogen) atoms. The lowest BCUT2D eigenvalue weighted by atomic mass is 9.97. The topological polar surface area (TPSA) is 59.8 Å². The largest absolute Gasteiger partial charge is 0.349 e. The molecule has 0 radical (unpaired) electrons. The first-order chi connectivity index (χ1) is 12.0. The highest BCUT2D eigenvalue weighted by Gasteiger charge is 2.17. The zero-order valence-corrected chi connectivity index (χ0v) is 15.9. The van der Waals surface area contributed by atoms with Gasteiger partial charge in [-0.05, 0) is 24.8 Å². The second-order valence-electron chi connectivity index (χ2n) is 6.38. The molecular formula is C19H26N4OS. The Morgan fingerprint density at radius 2 is 2.04 bits per heavy atom. The molecule has 0 bridgehead atoms. The van der Waals surface area contributed by atoms with Crippen LogP contribution in [0.2, 0.25) is 0 Å². The molecule has 1 aromatic carbocycles. The van der Waals surface area contributed by atoms with Gasteiger partial charge in [0.15, 0.2) is 5.16 Å². The Morgan fingerprint density at radius 1 is 1.32 bits per heavy atom. The summed E-state index contributed by atoms with van der Waals surface area (Å²) in [5.74, 6) is 1.64. The number of amides is 1. The SMILES string of the molecule is C=CCn1c(C)nnc1SCC(=O)NC(CC(C)C)c1ccccc1. The Kier molecular flexibility index (Phi) is 7.25. The second kappa shape index (κ2) is 9.42. The first-order valence-corrected chi connectivity index (χ1v) is 9.47. The predicted molar refractivity (Wildman–Crippen MR) is 102 cm³/mol. The number of aryl methyl sites for hydroxylation is 1. The summed E-state index contributed by atoms with van der Waals surface area (Å²) in [4.78, 5) is 12.4. The standard InChI is InChI=1S/C19H26N4OS/c1-5-11-23-15(4)21-22-19(23)25-13-18(24)20-17(12-14(2)3)16-9-7-6-8-10-16/h5-10,14,17H,1,11-13H2,2-4H3,(H,20,24).